The van der Waals surface area contributed by atoms with Crippen molar-refractivity contribution >= 4 is 11.7 Å². The fraction of sp³-hybridized carbons (Fsp3) is 0.500. The van der Waals surface area contributed by atoms with Crippen LogP contribution in [0, 0.1) is 5.92 Å². The molecule has 3 unspecified atom stereocenters. The second-order valence-corrected chi connectivity index (χ2v) is 5.27. The van der Waals surface area contributed by atoms with Gasteiger partial charge in [-0.3, -0.25) is 5.26 Å². The zero-order chi connectivity index (χ0) is 13.8. The summed E-state index contributed by atoms with van der Waals surface area (Å²) in [5.74, 6) is -0.469. The van der Waals surface area contributed by atoms with Crippen LogP contribution in [0.25, 0.3) is 0 Å². The van der Waals surface area contributed by atoms with E-state index in [0.29, 0.717) is 5.92 Å². The van der Waals surface area contributed by atoms with Gasteiger partial charge in [0.25, 0.3) is 0 Å². The molecular weight excluding hydrogens is 246 g/mol. The van der Waals surface area contributed by atoms with Gasteiger partial charge in [-0.25, -0.2) is 9.68 Å². The summed E-state index contributed by atoms with van der Waals surface area (Å²) >= 11 is 0. The second-order valence-electron chi connectivity index (χ2n) is 5.27. The molecule has 2 rings (SSSR count). The molecule has 3 N–H and O–H groups in total. The number of anilines is 1. The average Bonchev–Trinajstić information content (AvgIpc) is 2.38. The fourth-order valence-electron chi connectivity index (χ4n) is 2.72. The molecule has 1 aromatic carbocycles. The molecule has 1 aliphatic rings. The van der Waals surface area contributed by atoms with Crippen molar-refractivity contribution in [1.29, 1.82) is 0 Å². The van der Waals surface area contributed by atoms with Gasteiger partial charge in [-0.05, 0) is 43.4 Å². The summed E-state index contributed by atoms with van der Waals surface area (Å²) < 4.78 is 0. The zero-order valence-electron chi connectivity index (χ0n) is 10.9. The number of hydrogen-bond acceptors (Lipinski definition) is 4. The molecule has 1 fully saturated rings. The first-order valence-electron chi connectivity index (χ1n) is 6.48. The first kappa shape index (κ1) is 13.8. The van der Waals surface area contributed by atoms with Gasteiger partial charge in [0.2, 0.25) is 0 Å². The third-order valence-corrected chi connectivity index (χ3v) is 3.53. The molecule has 3 atom stereocenters. The average molecular weight is 265 g/mol. The number of aromatic carboxylic acids is 1. The molecule has 0 spiro atoms. The minimum atomic E-state index is -0.933. The van der Waals surface area contributed by atoms with Gasteiger partial charge in [-0.15, -0.1) is 0 Å². The number of benzene rings is 1. The smallest absolute Gasteiger partial charge is 0.335 e. The van der Waals surface area contributed by atoms with Gasteiger partial charge in [0.1, 0.15) is 0 Å². The highest BCUT2D eigenvalue weighted by atomic mass is 17.1. The molecule has 1 aliphatic carbocycles. The number of hydrogen-bond donors (Lipinski definition) is 3. The van der Waals surface area contributed by atoms with Gasteiger partial charge in [-0.2, -0.15) is 0 Å². The van der Waals surface area contributed by atoms with Crippen molar-refractivity contribution in [3.63, 3.8) is 0 Å². The van der Waals surface area contributed by atoms with E-state index in [1.807, 2.05) is 6.07 Å². The molecule has 0 aliphatic heterocycles. The lowest BCUT2D eigenvalue weighted by atomic mass is 9.85. The Labute approximate surface area is 112 Å². The third kappa shape index (κ3) is 3.68. The van der Waals surface area contributed by atoms with E-state index < -0.39 is 5.97 Å². The van der Waals surface area contributed by atoms with Crippen LogP contribution >= 0.6 is 0 Å². The van der Waals surface area contributed by atoms with Gasteiger partial charge >= 0.3 is 5.97 Å². The van der Waals surface area contributed by atoms with Crippen LogP contribution in [0.5, 0.6) is 0 Å². The van der Waals surface area contributed by atoms with Crippen LogP contribution in [0.3, 0.4) is 0 Å². The van der Waals surface area contributed by atoms with Gasteiger partial charge in [0.05, 0.1) is 11.7 Å². The van der Waals surface area contributed by atoms with Crippen LogP contribution in [-0.2, 0) is 4.89 Å². The summed E-state index contributed by atoms with van der Waals surface area (Å²) in [6.07, 6.45) is 2.41. The van der Waals surface area contributed by atoms with E-state index in [2.05, 4.69) is 17.1 Å². The second kappa shape index (κ2) is 6.04. The number of carboxylic acids is 1. The topological polar surface area (TPSA) is 78.8 Å². The summed E-state index contributed by atoms with van der Waals surface area (Å²) in [6.45, 7) is 2.12. The van der Waals surface area contributed by atoms with Crippen LogP contribution in [0.4, 0.5) is 5.69 Å². The summed E-state index contributed by atoms with van der Waals surface area (Å²) in [4.78, 5) is 15.4. The molecule has 19 heavy (non-hydrogen) atoms. The van der Waals surface area contributed by atoms with E-state index >= 15 is 0 Å². The minimum Gasteiger partial charge on any atom is -0.478 e. The zero-order valence-corrected chi connectivity index (χ0v) is 10.9. The number of carboxylic acid groups (broad SMARTS) is 1. The van der Waals surface area contributed by atoms with Crippen molar-refractivity contribution in [2.75, 3.05) is 5.32 Å². The largest absolute Gasteiger partial charge is 0.478 e. The molecule has 1 saturated carbocycles. The molecule has 0 saturated heterocycles. The third-order valence-electron chi connectivity index (χ3n) is 3.53. The SMILES string of the molecule is CC1CC(Nc2cccc(C(=O)O)c2)CC(OO)C1. The van der Waals surface area contributed by atoms with E-state index in [1.54, 1.807) is 18.2 Å². The lowest BCUT2D eigenvalue weighted by Gasteiger charge is -2.32. The maximum atomic E-state index is 10.9. The van der Waals surface area contributed by atoms with Crippen LogP contribution in [0.2, 0.25) is 0 Å². The van der Waals surface area contributed by atoms with Crippen LogP contribution < -0.4 is 5.32 Å². The van der Waals surface area contributed by atoms with E-state index in [9.17, 15) is 4.79 Å². The van der Waals surface area contributed by atoms with Crippen molar-refractivity contribution in [3.8, 4) is 0 Å². The lowest BCUT2D eigenvalue weighted by Crippen LogP contribution is -2.34. The quantitative estimate of drug-likeness (QED) is 0.576. The monoisotopic (exact) mass is 265 g/mol. The highest BCUT2D eigenvalue weighted by Crippen LogP contribution is 2.28. The number of carbonyl (C=O) groups is 1. The van der Waals surface area contributed by atoms with Crippen molar-refractivity contribution in [2.24, 2.45) is 5.92 Å². The van der Waals surface area contributed by atoms with Gasteiger partial charge in [0, 0.05) is 11.7 Å². The summed E-state index contributed by atoms with van der Waals surface area (Å²) in [5, 5.41) is 21.1. The van der Waals surface area contributed by atoms with E-state index in [-0.39, 0.29) is 17.7 Å². The normalized spacial score (nSPS) is 26.9. The highest BCUT2D eigenvalue weighted by Gasteiger charge is 2.27. The van der Waals surface area contributed by atoms with Crippen LogP contribution in [0.1, 0.15) is 36.5 Å². The van der Waals surface area contributed by atoms with Gasteiger partial charge in [-0.1, -0.05) is 13.0 Å². The van der Waals surface area contributed by atoms with Crippen LogP contribution in [-0.4, -0.2) is 28.5 Å². The first-order valence-corrected chi connectivity index (χ1v) is 6.48. The molecule has 0 heterocycles. The van der Waals surface area contributed by atoms with E-state index in [0.717, 1.165) is 24.9 Å². The molecule has 5 heteroatoms. The molecule has 104 valence electrons. The van der Waals surface area contributed by atoms with Crippen molar-refractivity contribution in [1.82, 2.24) is 0 Å². The van der Waals surface area contributed by atoms with Crippen LogP contribution in [0.15, 0.2) is 24.3 Å². The predicted molar refractivity (Wildman–Crippen MR) is 71.3 cm³/mol. The Morgan fingerprint density at radius 3 is 2.84 bits per heavy atom. The first-order chi connectivity index (χ1) is 9.08. The molecule has 0 amide bonds. The molecule has 0 bridgehead atoms. The van der Waals surface area contributed by atoms with Gasteiger partial charge in [0.15, 0.2) is 0 Å². The number of nitrogens with one attached hydrogen (secondary N) is 1. The minimum absolute atomic E-state index is 0.149. The highest BCUT2D eigenvalue weighted by molar-refractivity contribution is 5.88. The van der Waals surface area contributed by atoms with E-state index in [4.69, 9.17) is 10.4 Å². The maximum Gasteiger partial charge on any atom is 0.335 e. The van der Waals surface area contributed by atoms with E-state index in [1.165, 1.54) is 0 Å². The fourth-order valence-corrected chi connectivity index (χ4v) is 2.72. The van der Waals surface area contributed by atoms with Crippen molar-refractivity contribution < 1.29 is 20.0 Å². The Kier molecular flexibility index (Phi) is 4.39. The number of rotatable bonds is 4. The Morgan fingerprint density at radius 1 is 1.37 bits per heavy atom. The Bertz CT molecular complexity index is 449. The summed E-state index contributed by atoms with van der Waals surface area (Å²) in [5.41, 5.74) is 1.06. The molecule has 0 radical (unpaired) electrons. The van der Waals surface area contributed by atoms with Crippen molar-refractivity contribution in [2.45, 2.75) is 38.3 Å². The summed E-state index contributed by atoms with van der Waals surface area (Å²) in [6, 6.07) is 6.94. The Hall–Kier alpha value is -1.59. The molecule has 5 nitrogen and oxygen atoms in total. The summed E-state index contributed by atoms with van der Waals surface area (Å²) in [7, 11) is 0. The predicted octanol–water partition coefficient (Wildman–Crippen LogP) is 2.84. The Balaban J connectivity index is 2.03. The van der Waals surface area contributed by atoms with Crippen molar-refractivity contribution in [3.05, 3.63) is 29.8 Å². The maximum absolute atomic E-state index is 10.9. The lowest BCUT2D eigenvalue weighted by molar-refractivity contribution is -0.286. The molecular formula is C14H19NO4. The standard InChI is InChI=1S/C14H19NO4/c1-9-5-12(8-13(6-9)19-18)15-11-4-2-3-10(7-11)14(16)17/h2-4,7,9,12-13,15,18H,5-6,8H2,1H3,(H,16,17). The van der Waals surface area contributed by atoms with Gasteiger partial charge < -0.3 is 10.4 Å². The molecule has 1 aromatic rings. The Morgan fingerprint density at radius 2 is 2.16 bits per heavy atom. The molecule has 0 aromatic heterocycles.